The van der Waals surface area contributed by atoms with Gasteiger partial charge in [0.15, 0.2) is 0 Å². The minimum Gasteiger partial charge on any atom is -0.497 e. The van der Waals surface area contributed by atoms with Gasteiger partial charge in [0.1, 0.15) is 15.6 Å². The van der Waals surface area contributed by atoms with Crippen LogP contribution in [0.1, 0.15) is 35.4 Å². The molecule has 5 rings (SSSR count). The maximum Gasteiger partial charge on any atom is 0.277 e. The molecule has 126 valence electrons. The summed E-state index contributed by atoms with van der Waals surface area (Å²) >= 11 is 1.42. The average Bonchev–Trinajstić information content (AvgIpc) is 3.13. The molecule has 24 heavy (non-hydrogen) atoms. The Labute approximate surface area is 145 Å². The van der Waals surface area contributed by atoms with Gasteiger partial charge in [0.25, 0.3) is 5.91 Å². The van der Waals surface area contributed by atoms with E-state index in [-0.39, 0.29) is 5.91 Å². The highest BCUT2D eigenvalue weighted by Crippen LogP contribution is 2.34. The van der Waals surface area contributed by atoms with Crippen LogP contribution in [0.4, 0.5) is 0 Å². The summed E-state index contributed by atoms with van der Waals surface area (Å²) in [5, 5.41) is 2.98. The maximum absolute atomic E-state index is 12.5. The Morgan fingerprint density at radius 3 is 2.88 bits per heavy atom. The van der Waals surface area contributed by atoms with Crippen LogP contribution in [-0.2, 0) is 0 Å². The molecule has 2 aliphatic heterocycles. The van der Waals surface area contributed by atoms with E-state index in [0.717, 1.165) is 28.8 Å². The lowest BCUT2D eigenvalue weighted by Gasteiger charge is -2.44. The van der Waals surface area contributed by atoms with Gasteiger partial charge in [-0.1, -0.05) is 12.1 Å². The van der Waals surface area contributed by atoms with E-state index >= 15 is 0 Å². The number of hydrogen-bond donors (Lipinski definition) is 1. The number of aromatic nitrogens is 1. The number of thiazole rings is 1. The van der Waals surface area contributed by atoms with Crippen LogP contribution in [0.15, 0.2) is 30.5 Å². The third-order valence-corrected chi connectivity index (χ3v) is 6.05. The van der Waals surface area contributed by atoms with Crippen molar-refractivity contribution >= 4 is 17.2 Å². The molecule has 0 atom stereocenters. The van der Waals surface area contributed by atoms with Crippen molar-refractivity contribution in [3.63, 3.8) is 0 Å². The number of rotatable bonds is 4. The molecule has 3 aliphatic rings. The van der Waals surface area contributed by atoms with Crippen LogP contribution in [0.2, 0.25) is 0 Å². The molecule has 1 amide bonds. The molecule has 3 heterocycles. The van der Waals surface area contributed by atoms with Crippen molar-refractivity contribution in [1.82, 2.24) is 15.4 Å². The molecule has 2 aromatic rings. The Balaban J connectivity index is 1.47. The molecule has 0 unspecified atom stereocenters. The summed E-state index contributed by atoms with van der Waals surface area (Å²) in [5.41, 5.74) is 4.06. The number of carbonyl (C=O) groups is 1. The van der Waals surface area contributed by atoms with Crippen LogP contribution in [-0.4, -0.2) is 35.6 Å². The van der Waals surface area contributed by atoms with Gasteiger partial charge < -0.3 is 4.74 Å². The quantitative estimate of drug-likeness (QED) is 0.925. The fourth-order valence-corrected chi connectivity index (χ4v) is 4.46. The first-order valence-corrected chi connectivity index (χ1v) is 9.22. The molecule has 2 bridgehead atoms. The standard InChI is InChI=1S/C18H21N3O2S/c1-23-15-4-2-3-13(9-15)18-19-10-16(24-18)17(22)20-21-11-12-5-7-14(21)8-6-12/h2-4,9-10,12,14H,5-8,11H2,1H3,(H,20,22). The number of ether oxygens (including phenoxy) is 1. The summed E-state index contributed by atoms with van der Waals surface area (Å²) < 4.78 is 5.25. The third-order valence-electron chi connectivity index (χ3n) is 5.00. The molecule has 3 fully saturated rings. The lowest BCUT2D eigenvalue weighted by Crippen LogP contribution is -2.56. The summed E-state index contributed by atoms with van der Waals surface area (Å²) in [4.78, 5) is 17.6. The third kappa shape index (κ3) is 3.03. The lowest BCUT2D eigenvalue weighted by molar-refractivity contribution is 0.00815. The number of benzene rings is 1. The number of carbonyl (C=O) groups excluding carboxylic acids is 1. The van der Waals surface area contributed by atoms with Gasteiger partial charge in [-0.05, 0) is 43.7 Å². The first kappa shape index (κ1) is 15.6. The van der Waals surface area contributed by atoms with E-state index in [1.807, 2.05) is 24.3 Å². The van der Waals surface area contributed by atoms with Gasteiger partial charge in [0.2, 0.25) is 0 Å². The van der Waals surface area contributed by atoms with Crippen molar-refractivity contribution in [2.75, 3.05) is 13.7 Å². The van der Waals surface area contributed by atoms with E-state index in [4.69, 9.17) is 4.74 Å². The molecule has 2 saturated heterocycles. The fraction of sp³-hybridized carbons (Fsp3) is 0.444. The summed E-state index contributed by atoms with van der Waals surface area (Å²) in [6, 6.07) is 8.25. The SMILES string of the molecule is COc1cccc(-c2ncc(C(=O)NN3CC4CCC3CC4)s2)c1. The second kappa shape index (κ2) is 6.53. The molecule has 1 aromatic heterocycles. The van der Waals surface area contributed by atoms with E-state index in [2.05, 4.69) is 15.4 Å². The van der Waals surface area contributed by atoms with E-state index in [9.17, 15) is 4.79 Å². The van der Waals surface area contributed by atoms with E-state index < -0.39 is 0 Å². The van der Waals surface area contributed by atoms with Gasteiger partial charge in [-0.3, -0.25) is 10.2 Å². The molecule has 1 aliphatic carbocycles. The Kier molecular flexibility index (Phi) is 4.24. The van der Waals surface area contributed by atoms with Crippen molar-refractivity contribution in [3.05, 3.63) is 35.3 Å². The Bertz CT molecular complexity index is 737. The minimum atomic E-state index is -0.0470. The fourth-order valence-electron chi connectivity index (χ4n) is 3.66. The van der Waals surface area contributed by atoms with Crippen molar-refractivity contribution in [2.45, 2.75) is 31.7 Å². The van der Waals surface area contributed by atoms with Crippen molar-refractivity contribution in [3.8, 4) is 16.3 Å². The molecule has 1 N–H and O–H groups in total. The van der Waals surface area contributed by atoms with Crippen LogP contribution in [0.3, 0.4) is 0 Å². The second-order valence-electron chi connectivity index (χ2n) is 6.53. The maximum atomic E-state index is 12.5. The van der Waals surface area contributed by atoms with Gasteiger partial charge in [0, 0.05) is 18.2 Å². The largest absolute Gasteiger partial charge is 0.497 e. The monoisotopic (exact) mass is 343 g/mol. The summed E-state index contributed by atoms with van der Waals surface area (Å²) in [6.45, 7) is 0.984. The zero-order valence-electron chi connectivity index (χ0n) is 13.7. The summed E-state index contributed by atoms with van der Waals surface area (Å²) in [6.07, 6.45) is 6.66. The average molecular weight is 343 g/mol. The predicted molar refractivity (Wildman–Crippen MR) is 94.0 cm³/mol. The number of methoxy groups -OCH3 is 1. The predicted octanol–water partition coefficient (Wildman–Crippen LogP) is 3.34. The van der Waals surface area contributed by atoms with Crippen LogP contribution < -0.4 is 10.2 Å². The normalized spacial score (nSPS) is 23.2. The minimum absolute atomic E-state index is 0.0470. The number of fused-ring (bicyclic) bond motifs is 3. The zero-order valence-corrected chi connectivity index (χ0v) is 14.5. The summed E-state index contributed by atoms with van der Waals surface area (Å²) in [7, 11) is 1.65. The van der Waals surface area contributed by atoms with E-state index in [1.54, 1.807) is 13.3 Å². The zero-order chi connectivity index (χ0) is 16.5. The van der Waals surface area contributed by atoms with Crippen molar-refractivity contribution in [1.29, 1.82) is 0 Å². The van der Waals surface area contributed by atoms with Crippen LogP contribution in [0.25, 0.3) is 10.6 Å². The Morgan fingerprint density at radius 2 is 2.17 bits per heavy atom. The molecule has 1 aromatic carbocycles. The highest BCUT2D eigenvalue weighted by molar-refractivity contribution is 7.16. The summed E-state index contributed by atoms with van der Waals surface area (Å²) in [5.74, 6) is 1.48. The topological polar surface area (TPSA) is 54.5 Å². The lowest BCUT2D eigenvalue weighted by atomic mass is 9.81. The van der Waals surface area contributed by atoms with Gasteiger partial charge >= 0.3 is 0 Å². The molecular weight excluding hydrogens is 322 g/mol. The van der Waals surface area contributed by atoms with Gasteiger partial charge in [0.05, 0.1) is 13.3 Å². The number of nitrogens with one attached hydrogen (secondary N) is 1. The number of hydrogen-bond acceptors (Lipinski definition) is 5. The van der Waals surface area contributed by atoms with Crippen LogP contribution in [0, 0.1) is 5.92 Å². The second-order valence-corrected chi connectivity index (χ2v) is 7.56. The molecule has 0 radical (unpaired) electrons. The molecule has 1 saturated carbocycles. The van der Waals surface area contributed by atoms with Gasteiger partial charge in [-0.2, -0.15) is 0 Å². The Hall–Kier alpha value is -1.92. The number of amides is 1. The molecule has 5 nitrogen and oxygen atoms in total. The number of hydrazine groups is 1. The number of piperidine rings is 2. The molecule has 0 spiro atoms. The smallest absolute Gasteiger partial charge is 0.277 e. The highest BCUT2D eigenvalue weighted by Gasteiger charge is 2.34. The van der Waals surface area contributed by atoms with Crippen LogP contribution in [0.5, 0.6) is 5.75 Å². The highest BCUT2D eigenvalue weighted by atomic mass is 32.1. The van der Waals surface area contributed by atoms with Crippen LogP contribution >= 0.6 is 11.3 Å². The Morgan fingerprint density at radius 1 is 1.33 bits per heavy atom. The first-order valence-electron chi connectivity index (χ1n) is 8.41. The van der Waals surface area contributed by atoms with E-state index in [0.29, 0.717) is 10.9 Å². The molecule has 6 heteroatoms. The van der Waals surface area contributed by atoms with Crippen molar-refractivity contribution in [2.24, 2.45) is 5.92 Å². The molecular formula is C18H21N3O2S. The number of nitrogens with zero attached hydrogens (tertiary/aromatic N) is 2. The van der Waals surface area contributed by atoms with Crippen molar-refractivity contribution < 1.29 is 9.53 Å². The van der Waals surface area contributed by atoms with E-state index in [1.165, 1.54) is 37.0 Å². The van der Waals surface area contributed by atoms with Gasteiger partial charge in [-0.25, -0.2) is 9.99 Å². The first-order chi connectivity index (χ1) is 11.7. The van der Waals surface area contributed by atoms with Gasteiger partial charge in [-0.15, -0.1) is 11.3 Å².